The number of carbonyl (C=O) groups is 1. The van der Waals surface area contributed by atoms with Crippen LogP contribution in [0.2, 0.25) is 0 Å². The molecule has 1 aromatic rings. The highest BCUT2D eigenvalue weighted by atomic mass is 16.5. The zero-order chi connectivity index (χ0) is 12.7. The molecule has 6 heteroatoms. The summed E-state index contributed by atoms with van der Waals surface area (Å²) in [5.74, 6) is 1.09. The Hall–Kier alpha value is -1.43. The van der Waals surface area contributed by atoms with Crippen molar-refractivity contribution in [1.29, 1.82) is 0 Å². The Labute approximate surface area is 101 Å². The second kappa shape index (κ2) is 7.01. The van der Waals surface area contributed by atoms with Crippen LogP contribution in [0.4, 0.5) is 0 Å². The molecule has 2 N–H and O–H groups in total. The van der Waals surface area contributed by atoms with Crippen LogP contribution in [0.25, 0.3) is 0 Å². The lowest BCUT2D eigenvalue weighted by Crippen LogP contribution is -2.39. The third kappa shape index (κ3) is 4.95. The van der Waals surface area contributed by atoms with Crippen molar-refractivity contribution >= 4 is 5.91 Å². The molecule has 17 heavy (non-hydrogen) atoms. The first-order chi connectivity index (χ1) is 8.15. The topological polar surface area (TPSA) is 80.0 Å². The van der Waals surface area contributed by atoms with Gasteiger partial charge in [-0.15, -0.1) is 0 Å². The van der Waals surface area contributed by atoms with Crippen molar-refractivity contribution in [3.05, 3.63) is 11.7 Å². The summed E-state index contributed by atoms with van der Waals surface area (Å²) in [6, 6.07) is 0.259. The maximum atomic E-state index is 11.5. The second-order valence-electron chi connectivity index (χ2n) is 3.92. The van der Waals surface area contributed by atoms with E-state index in [1.54, 1.807) is 6.92 Å². The highest BCUT2D eigenvalue weighted by Crippen LogP contribution is 1.96. The molecule has 1 rings (SSSR count). The Balaban J connectivity index is 2.20. The Morgan fingerprint density at radius 3 is 2.65 bits per heavy atom. The molecule has 96 valence electrons. The molecule has 0 aromatic carbocycles. The number of hydrogen-bond donors (Lipinski definition) is 2. The van der Waals surface area contributed by atoms with Crippen molar-refractivity contribution in [3.63, 3.8) is 0 Å². The smallest absolute Gasteiger partial charge is 0.240 e. The van der Waals surface area contributed by atoms with Gasteiger partial charge in [0, 0.05) is 6.04 Å². The molecule has 6 nitrogen and oxygen atoms in total. The average molecular weight is 240 g/mol. The molecule has 0 saturated carbocycles. The van der Waals surface area contributed by atoms with Gasteiger partial charge < -0.3 is 9.84 Å². The highest BCUT2D eigenvalue weighted by Gasteiger charge is 2.08. The van der Waals surface area contributed by atoms with Crippen LogP contribution >= 0.6 is 0 Å². The Morgan fingerprint density at radius 2 is 2.12 bits per heavy atom. The van der Waals surface area contributed by atoms with E-state index in [1.165, 1.54) is 0 Å². The van der Waals surface area contributed by atoms with Crippen LogP contribution in [0.5, 0.6) is 0 Å². The first kappa shape index (κ1) is 13.6. The number of amides is 1. The van der Waals surface area contributed by atoms with Crippen molar-refractivity contribution in [2.24, 2.45) is 0 Å². The zero-order valence-electron chi connectivity index (χ0n) is 10.6. The van der Waals surface area contributed by atoms with Crippen LogP contribution in [0.3, 0.4) is 0 Å². The summed E-state index contributed by atoms with van der Waals surface area (Å²) in [6.45, 7) is 6.55. The average Bonchev–Trinajstić information content (AvgIpc) is 2.72. The van der Waals surface area contributed by atoms with Gasteiger partial charge in [0.2, 0.25) is 11.8 Å². The molecule has 0 spiro atoms. The summed E-state index contributed by atoms with van der Waals surface area (Å²) in [7, 11) is 0. The standard InChI is InChI=1S/C11H20N4O2/c1-4-9(5-2)14-10(16)6-12-7-11-13-8(3)15-17-11/h9,12H,4-7H2,1-3H3,(H,14,16). The number of nitrogens with zero attached hydrogens (tertiary/aromatic N) is 2. The van der Waals surface area contributed by atoms with Gasteiger partial charge in [0.1, 0.15) is 0 Å². The Bertz CT molecular complexity index is 347. The summed E-state index contributed by atoms with van der Waals surface area (Å²) in [4.78, 5) is 15.6. The molecule has 0 atom stereocenters. The van der Waals surface area contributed by atoms with Gasteiger partial charge in [0.05, 0.1) is 13.1 Å². The first-order valence-corrected chi connectivity index (χ1v) is 5.95. The van der Waals surface area contributed by atoms with E-state index >= 15 is 0 Å². The van der Waals surface area contributed by atoms with E-state index in [1.807, 2.05) is 0 Å². The summed E-state index contributed by atoms with van der Waals surface area (Å²) < 4.78 is 4.91. The minimum atomic E-state index is -0.00469. The first-order valence-electron chi connectivity index (χ1n) is 5.95. The van der Waals surface area contributed by atoms with Crippen molar-refractivity contribution in [2.75, 3.05) is 6.54 Å². The van der Waals surface area contributed by atoms with E-state index < -0.39 is 0 Å². The summed E-state index contributed by atoms with van der Waals surface area (Å²) in [6.07, 6.45) is 1.90. The van der Waals surface area contributed by atoms with Gasteiger partial charge in [0.15, 0.2) is 5.82 Å². The molecule has 0 saturated heterocycles. The lowest BCUT2D eigenvalue weighted by molar-refractivity contribution is -0.121. The van der Waals surface area contributed by atoms with E-state index in [0.717, 1.165) is 12.8 Å². The van der Waals surface area contributed by atoms with Crippen LogP contribution in [0, 0.1) is 6.92 Å². The lowest BCUT2D eigenvalue weighted by atomic mass is 10.2. The lowest BCUT2D eigenvalue weighted by Gasteiger charge is -2.14. The molecule has 0 aliphatic rings. The van der Waals surface area contributed by atoms with Crippen LogP contribution < -0.4 is 10.6 Å². The number of nitrogens with one attached hydrogen (secondary N) is 2. The van der Waals surface area contributed by atoms with Crippen molar-refractivity contribution < 1.29 is 9.32 Å². The molecule has 1 aromatic heterocycles. The normalized spacial score (nSPS) is 10.8. The molecule has 0 unspecified atom stereocenters. The van der Waals surface area contributed by atoms with Gasteiger partial charge in [-0.3, -0.25) is 10.1 Å². The zero-order valence-corrected chi connectivity index (χ0v) is 10.6. The van der Waals surface area contributed by atoms with E-state index in [-0.39, 0.29) is 18.5 Å². The van der Waals surface area contributed by atoms with Crippen LogP contribution in [-0.2, 0) is 11.3 Å². The monoisotopic (exact) mass is 240 g/mol. The summed E-state index contributed by atoms with van der Waals surface area (Å²) in [5, 5.41) is 9.56. The van der Waals surface area contributed by atoms with Gasteiger partial charge in [-0.25, -0.2) is 0 Å². The molecular formula is C11H20N4O2. The highest BCUT2D eigenvalue weighted by molar-refractivity contribution is 5.78. The van der Waals surface area contributed by atoms with Crippen LogP contribution in [0.15, 0.2) is 4.52 Å². The number of aromatic nitrogens is 2. The molecule has 0 fully saturated rings. The quantitative estimate of drug-likeness (QED) is 0.736. The third-order valence-electron chi connectivity index (χ3n) is 2.48. The fraction of sp³-hybridized carbons (Fsp3) is 0.727. The summed E-state index contributed by atoms with van der Waals surface area (Å²) in [5.41, 5.74) is 0. The maximum Gasteiger partial charge on any atom is 0.240 e. The number of rotatable bonds is 7. The van der Waals surface area contributed by atoms with E-state index in [9.17, 15) is 4.79 Å². The summed E-state index contributed by atoms with van der Waals surface area (Å²) >= 11 is 0. The van der Waals surface area contributed by atoms with Gasteiger partial charge in [0.25, 0.3) is 0 Å². The number of aryl methyl sites for hydroxylation is 1. The van der Waals surface area contributed by atoms with Crippen LogP contribution in [-0.4, -0.2) is 28.6 Å². The molecule has 0 bridgehead atoms. The van der Waals surface area contributed by atoms with E-state index in [4.69, 9.17) is 4.52 Å². The third-order valence-corrected chi connectivity index (χ3v) is 2.48. The molecule has 0 aliphatic carbocycles. The second-order valence-corrected chi connectivity index (χ2v) is 3.92. The van der Waals surface area contributed by atoms with Gasteiger partial charge in [-0.2, -0.15) is 4.98 Å². The largest absolute Gasteiger partial charge is 0.352 e. The fourth-order valence-electron chi connectivity index (χ4n) is 1.47. The maximum absolute atomic E-state index is 11.5. The fourth-order valence-corrected chi connectivity index (χ4v) is 1.47. The predicted molar refractivity (Wildman–Crippen MR) is 63.3 cm³/mol. The molecule has 0 radical (unpaired) electrons. The minimum Gasteiger partial charge on any atom is -0.352 e. The van der Waals surface area contributed by atoms with Crippen LogP contribution in [0.1, 0.15) is 38.4 Å². The SMILES string of the molecule is CCC(CC)NC(=O)CNCc1nc(C)no1. The number of carbonyl (C=O) groups excluding carboxylic acids is 1. The Morgan fingerprint density at radius 1 is 1.41 bits per heavy atom. The molecule has 1 amide bonds. The van der Waals surface area contributed by atoms with Gasteiger partial charge in [-0.1, -0.05) is 19.0 Å². The Kier molecular flexibility index (Phi) is 5.62. The molecular weight excluding hydrogens is 220 g/mol. The molecule has 0 aliphatic heterocycles. The molecule has 1 heterocycles. The minimum absolute atomic E-state index is 0.00469. The van der Waals surface area contributed by atoms with Crippen molar-refractivity contribution in [2.45, 2.75) is 46.2 Å². The van der Waals surface area contributed by atoms with E-state index in [2.05, 4.69) is 34.6 Å². The van der Waals surface area contributed by atoms with Gasteiger partial charge >= 0.3 is 0 Å². The van der Waals surface area contributed by atoms with Crippen molar-refractivity contribution in [3.8, 4) is 0 Å². The number of hydrogen-bond acceptors (Lipinski definition) is 5. The van der Waals surface area contributed by atoms with Crippen molar-refractivity contribution in [1.82, 2.24) is 20.8 Å². The van der Waals surface area contributed by atoms with E-state index in [0.29, 0.717) is 18.3 Å². The van der Waals surface area contributed by atoms with Gasteiger partial charge in [-0.05, 0) is 19.8 Å². The predicted octanol–water partition coefficient (Wildman–Crippen LogP) is 0.772.